The zero-order valence-corrected chi connectivity index (χ0v) is 18.7. The van der Waals surface area contributed by atoms with Gasteiger partial charge in [0.2, 0.25) is 5.82 Å². The van der Waals surface area contributed by atoms with E-state index in [4.69, 9.17) is 34.8 Å². The van der Waals surface area contributed by atoms with E-state index in [0.29, 0.717) is 37.2 Å². The van der Waals surface area contributed by atoms with Crippen LogP contribution < -0.4 is 4.90 Å². The maximum absolute atomic E-state index is 13.3. The average Bonchev–Trinajstić information content (AvgIpc) is 3.21. The summed E-state index contributed by atoms with van der Waals surface area (Å²) >= 11 is 17.8. The van der Waals surface area contributed by atoms with Crippen LogP contribution >= 0.6 is 34.8 Å². The fraction of sp³-hybridized carbons (Fsp3) is 0.200. The third-order valence-electron chi connectivity index (χ3n) is 5.09. The lowest BCUT2D eigenvalue weighted by Crippen LogP contribution is -2.47. The highest BCUT2D eigenvalue weighted by molar-refractivity contribution is 6.59. The standard InChI is InChI=1S/C20H16Cl3FN6O2/c21-17(19(22)23)18(30(31)32)20(29-16-4-2-1-3-15(16)25-26-29)28-11-9-27(10-12-28)14-7-5-13(24)6-8-14/h1-8H,9-12H2/b20-18+. The largest absolute Gasteiger partial charge is 0.368 e. The van der Waals surface area contributed by atoms with Gasteiger partial charge in [0.25, 0.3) is 0 Å². The van der Waals surface area contributed by atoms with Gasteiger partial charge < -0.3 is 9.80 Å². The molecule has 2 heterocycles. The van der Waals surface area contributed by atoms with Gasteiger partial charge in [0, 0.05) is 31.9 Å². The third-order valence-corrected chi connectivity index (χ3v) is 6.03. The second kappa shape index (κ2) is 9.32. The maximum atomic E-state index is 13.3. The molecule has 166 valence electrons. The highest BCUT2D eigenvalue weighted by atomic mass is 35.5. The molecular formula is C20H16Cl3FN6O2. The summed E-state index contributed by atoms with van der Waals surface area (Å²) in [6.07, 6.45) is 0. The van der Waals surface area contributed by atoms with E-state index >= 15 is 0 Å². The van der Waals surface area contributed by atoms with Gasteiger partial charge in [-0.05, 0) is 36.4 Å². The highest BCUT2D eigenvalue weighted by Crippen LogP contribution is 2.33. The summed E-state index contributed by atoms with van der Waals surface area (Å²) in [5, 5.41) is 19.9. The third kappa shape index (κ3) is 4.36. The van der Waals surface area contributed by atoms with Crippen molar-refractivity contribution in [1.82, 2.24) is 19.9 Å². The number of para-hydroxylation sites is 1. The van der Waals surface area contributed by atoms with Crippen LogP contribution in [0.4, 0.5) is 10.1 Å². The van der Waals surface area contributed by atoms with Crippen molar-refractivity contribution in [2.75, 3.05) is 31.1 Å². The van der Waals surface area contributed by atoms with Gasteiger partial charge in [-0.1, -0.05) is 52.1 Å². The van der Waals surface area contributed by atoms with Crippen LogP contribution in [0.3, 0.4) is 0 Å². The SMILES string of the molecule is O=[N+]([O-])/C(C(Cl)=C(Cl)Cl)=C(\N1CCN(c2ccc(F)cc2)CC1)n1nnc2ccccc21. The van der Waals surface area contributed by atoms with Crippen molar-refractivity contribution in [1.29, 1.82) is 0 Å². The van der Waals surface area contributed by atoms with Gasteiger partial charge in [0.1, 0.15) is 15.8 Å². The molecule has 1 aromatic heterocycles. The number of rotatable bonds is 5. The second-order valence-electron chi connectivity index (χ2n) is 6.94. The normalized spacial score (nSPS) is 15.0. The highest BCUT2D eigenvalue weighted by Gasteiger charge is 2.33. The molecule has 1 aliphatic rings. The Hall–Kier alpha value is -2.88. The van der Waals surface area contributed by atoms with Gasteiger partial charge in [-0.15, -0.1) is 5.10 Å². The van der Waals surface area contributed by atoms with E-state index in [-0.39, 0.29) is 11.6 Å². The molecule has 1 fully saturated rings. The zero-order chi connectivity index (χ0) is 22.8. The number of nitrogens with zero attached hydrogens (tertiary/aromatic N) is 6. The number of benzene rings is 2. The van der Waals surface area contributed by atoms with Crippen molar-refractivity contribution < 1.29 is 9.31 Å². The molecule has 32 heavy (non-hydrogen) atoms. The van der Waals surface area contributed by atoms with E-state index in [1.165, 1.54) is 16.8 Å². The first kappa shape index (κ1) is 22.3. The first-order valence-electron chi connectivity index (χ1n) is 9.53. The Morgan fingerprint density at radius 3 is 2.28 bits per heavy atom. The van der Waals surface area contributed by atoms with Crippen LogP contribution in [0.5, 0.6) is 0 Å². The Morgan fingerprint density at radius 2 is 1.66 bits per heavy atom. The van der Waals surface area contributed by atoms with Crippen LogP contribution in [-0.4, -0.2) is 51.0 Å². The quantitative estimate of drug-likeness (QED) is 0.289. The van der Waals surface area contributed by atoms with Crippen LogP contribution in [0, 0.1) is 15.9 Å². The molecule has 0 amide bonds. The summed E-state index contributed by atoms with van der Waals surface area (Å²) in [7, 11) is 0. The molecule has 1 aliphatic heterocycles. The predicted molar refractivity (Wildman–Crippen MR) is 123 cm³/mol. The maximum Gasteiger partial charge on any atom is 0.332 e. The van der Waals surface area contributed by atoms with E-state index in [0.717, 1.165) is 5.69 Å². The first-order chi connectivity index (χ1) is 15.4. The molecule has 1 saturated heterocycles. The van der Waals surface area contributed by atoms with Crippen molar-refractivity contribution >= 4 is 57.3 Å². The van der Waals surface area contributed by atoms with Crippen LogP contribution in [0.1, 0.15) is 0 Å². The number of anilines is 1. The molecule has 12 heteroatoms. The molecule has 0 aliphatic carbocycles. The number of allylic oxidation sites excluding steroid dienone is 1. The molecule has 0 saturated carbocycles. The molecule has 0 N–H and O–H groups in total. The summed E-state index contributed by atoms with van der Waals surface area (Å²) in [6, 6.07) is 13.3. The number of nitro groups is 1. The van der Waals surface area contributed by atoms with Crippen molar-refractivity contribution in [3.8, 4) is 0 Å². The van der Waals surface area contributed by atoms with Gasteiger partial charge in [0.15, 0.2) is 5.03 Å². The van der Waals surface area contributed by atoms with E-state index in [9.17, 15) is 14.5 Å². The lowest BCUT2D eigenvalue weighted by Gasteiger charge is -2.37. The molecule has 0 unspecified atom stereocenters. The summed E-state index contributed by atoms with van der Waals surface area (Å²) in [5.41, 5.74) is 1.52. The molecule has 0 bridgehead atoms. The fourth-order valence-electron chi connectivity index (χ4n) is 3.59. The molecule has 2 aromatic carbocycles. The smallest absolute Gasteiger partial charge is 0.332 e. The molecule has 0 radical (unpaired) electrons. The Balaban J connectivity index is 1.77. The Kier molecular flexibility index (Phi) is 6.50. The topological polar surface area (TPSA) is 80.3 Å². The van der Waals surface area contributed by atoms with Gasteiger partial charge in [-0.3, -0.25) is 10.1 Å². The van der Waals surface area contributed by atoms with Gasteiger partial charge in [0.05, 0.1) is 10.4 Å². The van der Waals surface area contributed by atoms with Crippen LogP contribution in [0.25, 0.3) is 16.9 Å². The number of halogens is 4. The van der Waals surface area contributed by atoms with E-state index < -0.39 is 20.1 Å². The molecule has 3 aromatic rings. The lowest BCUT2D eigenvalue weighted by molar-refractivity contribution is -0.419. The Labute approximate surface area is 197 Å². The van der Waals surface area contributed by atoms with Crippen molar-refractivity contribution in [2.24, 2.45) is 0 Å². The van der Waals surface area contributed by atoms with Crippen LogP contribution in [0.15, 0.2) is 63.8 Å². The minimum absolute atomic E-state index is 0.117. The molecular weight excluding hydrogens is 482 g/mol. The molecule has 4 rings (SSSR count). The fourth-order valence-corrected chi connectivity index (χ4v) is 3.92. The van der Waals surface area contributed by atoms with Crippen molar-refractivity contribution in [3.63, 3.8) is 0 Å². The number of hydrogen-bond donors (Lipinski definition) is 0. The monoisotopic (exact) mass is 496 g/mol. The van der Waals surface area contributed by atoms with Crippen LogP contribution in [0.2, 0.25) is 0 Å². The van der Waals surface area contributed by atoms with Gasteiger partial charge in [-0.25, -0.2) is 4.39 Å². The predicted octanol–water partition coefficient (Wildman–Crippen LogP) is 4.68. The minimum Gasteiger partial charge on any atom is -0.368 e. The molecule has 0 atom stereocenters. The lowest BCUT2D eigenvalue weighted by atomic mass is 10.2. The zero-order valence-electron chi connectivity index (χ0n) is 16.5. The second-order valence-corrected chi connectivity index (χ2v) is 8.27. The van der Waals surface area contributed by atoms with Gasteiger partial charge >= 0.3 is 5.70 Å². The average molecular weight is 498 g/mol. The summed E-state index contributed by atoms with van der Waals surface area (Å²) < 4.78 is 14.2. The molecule has 0 spiro atoms. The van der Waals surface area contributed by atoms with E-state index in [1.54, 1.807) is 41.3 Å². The van der Waals surface area contributed by atoms with Crippen LogP contribution in [-0.2, 0) is 0 Å². The molecule has 8 nitrogen and oxygen atoms in total. The van der Waals surface area contributed by atoms with Crippen molar-refractivity contribution in [2.45, 2.75) is 0 Å². The Bertz CT molecular complexity index is 1220. The summed E-state index contributed by atoms with van der Waals surface area (Å²) in [6.45, 7) is 1.87. The minimum atomic E-state index is -0.634. The summed E-state index contributed by atoms with van der Waals surface area (Å²) in [4.78, 5) is 15.3. The Morgan fingerprint density at radius 1 is 1.00 bits per heavy atom. The first-order valence-corrected chi connectivity index (χ1v) is 10.7. The number of hydrogen-bond acceptors (Lipinski definition) is 6. The van der Waals surface area contributed by atoms with Gasteiger partial charge in [-0.2, -0.15) is 4.68 Å². The van der Waals surface area contributed by atoms with E-state index in [2.05, 4.69) is 15.2 Å². The summed E-state index contributed by atoms with van der Waals surface area (Å²) in [5.74, 6) is -0.197. The number of fused-ring (bicyclic) bond motifs is 1. The van der Waals surface area contributed by atoms with Crippen molar-refractivity contribution in [3.05, 3.63) is 79.7 Å². The number of aromatic nitrogens is 3. The number of piperazine rings is 1. The van der Waals surface area contributed by atoms with E-state index in [1.807, 2.05) is 0 Å².